The Labute approximate surface area is 168 Å². The van der Waals surface area contributed by atoms with Crippen LogP contribution in [0.3, 0.4) is 0 Å². The van der Waals surface area contributed by atoms with Crippen molar-refractivity contribution in [3.8, 4) is 5.75 Å². The molecule has 4 aliphatic rings. The summed E-state index contributed by atoms with van der Waals surface area (Å²) in [6.45, 7) is 6.97. The maximum absolute atomic E-state index is 12.8. The van der Waals surface area contributed by atoms with E-state index in [1.54, 1.807) is 0 Å². The number of benzene rings is 1. The van der Waals surface area contributed by atoms with Crippen LogP contribution in [0.2, 0.25) is 0 Å². The molecule has 1 amide bonds. The molecule has 1 saturated heterocycles. The lowest BCUT2D eigenvalue weighted by Crippen LogP contribution is -2.52. The van der Waals surface area contributed by atoms with Crippen LogP contribution in [-0.4, -0.2) is 67.1 Å². The van der Waals surface area contributed by atoms with E-state index >= 15 is 0 Å². The van der Waals surface area contributed by atoms with Gasteiger partial charge < -0.3 is 15.0 Å². The van der Waals surface area contributed by atoms with Gasteiger partial charge in [0.2, 0.25) is 0 Å². The summed E-state index contributed by atoms with van der Waals surface area (Å²) in [6, 6.07) is 6.87. The van der Waals surface area contributed by atoms with Gasteiger partial charge in [0.1, 0.15) is 5.75 Å². The number of ether oxygens (including phenoxy) is 1. The van der Waals surface area contributed by atoms with Gasteiger partial charge in [-0.15, -0.1) is 0 Å². The lowest BCUT2D eigenvalue weighted by molar-refractivity contribution is 0.0694. The van der Waals surface area contributed by atoms with Gasteiger partial charge in [-0.05, 0) is 56.6 Å². The first-order chi connectivity index (χ1) is 13.8. The first-order valence-electron chi connectivity index (χ1n) is 11.3. The number of hydrogen-bond acceptors (Lipinski definition) is 4. The molecule has 2 heterocycles. The molecular weight excluding hydrogens is 350 g/mol. The van der Waals surface area contributed by atoms with Crippen molar-refractivity contribution in [1.29, 1.82) is 0 Å². The smallest absolute Gasteiger partial charge is 0.251 e. The Bertz CT molecular complexity index is 702. The van der Waals surface area contributed by atoms with E-state index in [0.29, 0.717) is 18.7 Å². The van der Waals surface area contributed by atoms with Gasteiger partial charge in [0.15, 0.2) is 0 Å². The number of amides is 1. The molecule has 5 nitrogen and oxygen atoms in total. The molecule has 28 heavy (non-hydrogen) atoms. The fourth-order valence-electron chi connectivity index (χ4n) is 5.26. The summed E-state index contributed by atoms with van der Waals surface area (Å²) in [4.78, 5) is 18.2. The fourth-order valence-corrected chi connectivity index (χ4v) is 5.26. The number of fused-ring (bicyclic) bond motifs is 1. The zero-order valence-corrected chi connectivity index (χ0v) is 16.9. The van der Waals surface area contributed by atoms with E-state index in [-0.39, 0.29) is 5.91 Å². The minimum Gasteiger partial charge on any atom is -0.493 e. The van der Waals surface area contributed by atoms with Crippen molar-refractivity contribution in [2.45, 2.75) is 57.0 Å². The summed E-state index contributed by atoms with van der Waals surface area (Å²) >= 11 is 0. The molecule has 0 aromatic heterocycles. The largest absolute Gasteiger partial charge is 0.493 e. The summed E-state index contributed by atoms with van der Waals surface area (Å²) in [5, 5.41) is 3.30. The third-order valence-electron chi connectivity index (χ3n) is 7.16. The van der Waals surface area contributed by atoms with E-state index in [2.05, 4.69) is 15.1 Å². The Hall–Kier alpha value is -1.59. The maximum Gasteiger partial charge on any atom is 0.251 e. The van der Waals surface area contributed by atoms with Crippen LogP contribution in [0.5, 0.6) is 5.75 Å². The Kier molecular flexibility index (Phi) is 5.29. The van der Waals surface area contributed by atoms with Crippen LogP contribution in [0.1, 0.15) is 54.4 Å². The zero-order chi connectivity index (χ0) is 18.9. The van der Waals surface area contributed by atoms with Crippen molar-refractivity contribution in [2.75, 3.05) is 39.3 Å². The highest BCUT2D eigenvalue weighted by Gasteiger charge is 2.31. The molecule has 152 valence electrons. The van der Waals surface area contributed by atoms with Gasteiger partial charge >= 0.3 is 0 Å². The fraction of sp³-hybridized carbons (Fsp3) is 0.696. The number of carbonyl (C=O) groups is 1. The van der Waals surface area contributed by atoms with Gasteiger partial charge in [-0.25, -0.2) is 0 Å². The SMILES string of the molecule is O=C(NC1CCC(N2CCN(CC3CC3)CC2)CC1)c1cccc2c1CCO2. The van der Waals surface area contributed by atoms with Gasteiger partial charge in [-0.3, -0.25) is 9.69 Å². The molecule has 0 bridgehead atoms. The van der Waals surface area contributed by atoms with Crippen molar-refractivity contribution in [1.82, 2.24) is 15.1 Å². The van der Waals surface area contributed by atoms with Crippen LogP contribution in [0.25, 0.3) is 0 Å². The summed E-state index contributed by atoms with van der Waals surface area (Å²) in [6.07, 6.45) is 8.38. The second-order valence-electron chi connectivity index (χ2n) is 9.14. The molecule has 0 radical (unpaired) electrons. The van der Waals surface area contributed by atoms with E-state index in [0.717, 1.165) is 42.1 Å². The van der Waals surface area contributed by atoms with Crippen molar-refractivity contribution in [3.63, 3.8) is 0 Å². The molecule has 2 aliphatic carbocycles. The molecular formula is C23H33N3O2. The van der Waals surface area contributed by atoms with Gasteiger partial charge in [-0.1, -0.05) is 6.07 Å². The average molecular weight is 384 g/mol. The molecule has 1 aromatic carbocycles. The summed E-state index contributed by atoms with van der Waals surface area (Å²) < 4.78 is 5.60. The molecule has 3 fully saturated rings. The minimum absolute atomic E-state index is 0.0829. The van der Waals surface area contributed by atoms with Crippen LogP contribution in [-0.2, 0) is 6.42 Å². The highest BCUT2D eigenvalue weighted by Crippen LogP contribution is 2.31. The Morgan fingerprint density at radius 2 is 1.82 bits per heavy atom. The third-order valence-corrected chi connectivity index (χ3v) is 7.16. The summed E-state index contributed by atoms with van der Waals surface area (Å²) in [7, 11) is 0. The van der Waals surface area contributed by atoms with Crippen molar-refractivity contribution >= 4 is 5.91 Å². The van der Waals surface area contributed by atoms with Gasteiger partial charge in [-0.2, -0.15) is 0 Å². The molecule has 2 saturated carbocycles. The highest BCUT2D eigenvalue weighted by atomic mass is 16.5. The summed E-state index contributed by atoms with van der Waals surface area (Å²) in [5.41, 5.74) is 1.89. The molecule has 2 aliphatic heterocycles. The molecule has 0 atom stereocenters. The van der Waals surface area contributed by atoms with Crippen LogP contribution >= 0.6 is 0 Å². The lowest BCUT2D eigenvalue weighted by Gasteiger charge is -2.42. The predicted octanol–water partition coefficient (Wildman–Crippen LogP) is 2.69. The normalized spacial score (nSPS) is 28.6. The number of piperazine rings is 1. The molecule has 5 rings (SSSR count). The lowest BCUT2D eigenvalue weighted by atomic mass is 9.89. The first-order valence-corrected chi connectivity index (χ1v) is 11.3. The second-order valence-corrected chi connectivity index (χ2v) is 9.14. The topological polar surface area (TPSA) is 44.8 Å². The van der Waals surface area contributed by atoms with Gasteiger partial charge in [0.25, 0.3) is 5.91 Å². The maximum atomic E-state index is 12.8. The highest BCUT2D eigenvalue weighted by molar-refractivity contribution is 5.96. The van der Waals surface area contributed by atoms with Gasteiger partial charge in [0.05, 0.1) is 6.61 Å². The number of carbonyl (C=O) groups excluding carboxylic acids is 1. The average Bonchev–Trinajstić information content (AvgIpc) is 3.41. The van der Waals surface area contributed by atoms with E-state index < -0.39 is 0 Å². The van der Waals surface area contributed by atoms with Crippen molar-refractivity contribution < 1.29 is 9.53 Å². The molecule has 1 aromatic rings. The number of nitrogens with zero attached hydrogens (tertiary/aromatic N) is 2. The predicted molar refractivity (Wildman–Crippen MR) is 110 cm³/mol. The van der Waals surface area contributed by atoms with E-state index in [1.807, 2.05) is 18.2 Å². The van der Waals surface area contributed by atoms with E-state index in [1.165, 1.54) is 58.4 Å². The number of nitrogens with one attached hydrogen (secondary N) is 1. The summed E-state index contributed by atoms with van der Waals surface area (Å²) in [5.74, 6) is 1.97. The second kappa shape index (κ2) is 8.03. The molecule has 5 heteroatoms. The Balaban J connectivity index is 1.09. The van der Waals surface area contributed by atoms with Crippen LogP contribution in [0.15, 0.2) is 18.2 Å². The van der Waals surface area contributed by atoms with Crippen molar-refractivity contribution in [2.24, 2.45) is 5.92 Å². The quantitative estimate of drug-likeness (QED) is 0.849. The number of rotatable bonds is 5. The monoisotopic (exact) mass is 383 g/mol. The van der Waals surface area contributed by atoms with Crippen LogP contribution < -0.4 is 10.1 Å². The minimum atomic E-state index is 0.0829. The van der Waals surface area contributed by atoms with Gasteiger partial charge in [0, 0.05) is 62.4 Å². The zero-order valence-electron chi connectivity index (χ0n) is 16.9. The molecule has 0 spiro atoms. The number of hydrogen-bond donors (Lipinski definition) is 1. The standard InChI is InChI=1S/C23H33N3O2/c27-23(21-2-1-3-22-20(21)10-15-28-22)24-18-6-8-19(9-7-18)26-13-11-25(12-14-26)16-17-4-5-17/h1-3,17-19H,4-16H2,(H,24,27). The van der Waals surface area contributed by atoms with Crippen LogP contribution in [0.4, 0.5) is 0 Å². The van der Waals surface area contributed by atoms with E-state index in [4.69, 9.17) is 4.74 Å². The first kappa shape index (κ1) is 18.4. The Morgan fingerprint density at radius 3 is 2.57 bits per heavy atom. The molecule has 1 N–H and O–H groups in total. The van der Waals surface area contributed by atoms with Crippen molar-refractivity contribution in [3.05, 3.63) is 29.3 Å². The molecule has 0 unspecified atom stereocenters. The van der Waals surface area contributed by atoms with E-state index in [9.17, 15) is 4.79 Å². The Morgan fingerprint density at radius 1 is 1.04 bits per heavy atom. The third kappa shape index (κ3) is 4.06. The van der Waals surface area contributed by atoms with Crippen LogP contribution in [0, 0.1) is 5.92 Å².